The molecule has 0 amide bonds. The van der Waals surface area contributed by atoms with Crippen molar-refractivity contribution >= 4 is 0 Å². The lowest BCUT2D eigenvalue weighted by Crippen LogP contribution is -1.99. The molecule has 0 fully saturated rings. The van der Waals surface area contributed by atoms with Gasteiger partial charge >= 0.3 is 0 Å². The van der Waals surface area contributed by atoms with Crippen molar-refractivity contribution in [2.75, 3.05) is 6.61 Å². The summed E-state index contributed by atoms with van der Waals surface area (Å²) in [5, 5.41) is 17.9. The Hall–Kier alpha value is -1.12. The second kappa shape index (κ2) is 12.3. The molecule has 2 N–H and O–H groups in total. The van der Waals surface area contributed by atoms with Gasteiger partial charge < -0.3 is 10.2 Å². The molecule has 0 rings (SSSR count). The van der Waals surface area contributed by atoms with Gasteiger partial charge in [0.2, 0.25) is 0 Å². The van der Waals surface area contributed by atoms with Gasteiger partial charge in [-0.15, -0.1) is 13.2 Å². The second-order valence-corrected chi connectivity index (χ2v) is 4.31. The summed E-state index contributed by atoms with van der Waals surface area (Å²) in [4.78, 5) is 0. The number of hydrogen-bond donors (Lipinski definition) is 2. The van der Waals surface area contributed by atoms with Gasteiger partial charge in [0.25, 0.3) is 0 Å². The number of rotatable bonds is 11. The van der Waals surface area contributed by atoms with Crippen LogP contribution in [0.3, 0.4) is 0 Å². The molecule has 0 heterocycles. The monoisotopic (exact) mass is 250 g/mol. The highest BCUT2D eigenvalue weighted by atomic mass is 16.3. The number of aliphatic hydroxyl groups excluding tert-OH is 2. The molecule has 0 radical (unpaired) electrons. The SMILES string of the molecule is C=CC(O)CC/C=C/CC(C=C)CC/C=C/CO. The van der Waals surface area contributed by atoms with E-state index in [1.807, 2.05) is 12.2 Å². The zero-order valence-electron chi connectivity index (χ0n) is 11.2. The predicted octanol–water partition coefficient (Wildman–Crippen LogP) is 3.39. The molecule has 0 aliphatic rings. The first kappa shape index (κ1) is 16.9. The third-order valence-corrected chi connectivity index (χ3v) is 2.82. The van der Waals surface area contributed by atoms with E-state index in [1.54, 1.807) is 12.2 Å². The molecule has 0 saturated heterocycles. The van der Waals surface area contributed by atoms with Gasteiger partial charge in [-0.2, -0.15) is 0 Å². The van der Waals surface area contributed by atoms with E-state index >= 15 is 0 Å². The largest absolute Gasteiger partial charge is 0.392 e. The highest BCUT2D eigenvalue weighted by Gasteiger charge is 2.00. The van der Waals surface area contributed by atoms with Crippen molar-refractivity contribution in [2.24, 2.45) is 5.92 Å². The van der Waals surface area contributed by atoms with Gasteiger partial charge in [0.1, 0.15) is 0 Å². The molecule has 0 aromatic carbocycles. The summed E-state index contributed by atoms with van der Waals surface area (Å²) in [6, 6.07) is 0. The molecule has 0 saturated carbocycles. The van der Waals surface area contributed by atoms with E-state index in [4.69, 9.17) is 5.11 Å². The van der Waals surface area contributed by atoms with Crippen molar-refractivity contribution in [1.29, 1.82) is 0 Å². The van der Waals surface area contributed by atoms with Crippen molar-refractivity contribution in [2.45, 2.75) is 38.2 Å². The molecule has 0 aromatic rings. The van der Waals surface area contributed by atoms with Gasteiger partial charge in [0.15, 0.2) is 0 Å². The van der Waals surface area contributed by atoms with Crippen molar-refractivity contribution in [3.63, 3.8) is 0 Å². The van der Waals surface area contributed by atoms with E-state index in [2.05, 4.69) is 25.3 Å². The molecule has 0 aliphatic carbocycles. The van der Waals surface area contributed by atoms with Crippen LogP contribution in [0.2, 0.25) is 0 Å². The zero-order valence-corrected chi connectivity index (χ0v) is 11.2. The maximum Gasteiger partial charge on any atom is 0.0721 e. The zero-order chi connectivity index (χ0) is 13.6. The highest BCUT2D eigenvalue weighted by molar-refractivity contribution is 4.92. The van der Waals surface area contributed by atoms with E-state index in [0.29, 0.717) is 5.92 Å². The van der Waals surface area contributed by atoms with Crippen LogP contribution >= 0.6 is 0 Å². The van der Waals surface area contributed by atoms with Crippen LogP contribution in [0.4, 0.5) is 0 Å². The first-order valence-electron chi connectivity index (χ1n) is 6.58. The maximum atomic E-state index is 9.28. The van der Waals surface area contributed by atoms with Crippen LogP contribution in [0.25, 0.3) is 0 Å². The predicted molar refractivity (Wildman–Crippen MR) is 78.3 cm³/mol. The summed E-state index contributed by atoms with van der Waals surface area (Å²) in [6.07, 6.45) is 15.8. The Labute approximate surface area is 111 Å². The van der Waals surface area contributed by atoms with Gasteiger partial charge in [-0.1, -0.05) is 36.5 Å². The average molecular weight is 250 g/mol. The highest BCUT2D eigenvalue weighted by Crippen LogP contribution is 2.14. The third-order valence-electron chi connectivity index (χ3n) is 2.82. The Balaban J connectivity index is 3.71. The van der Waals surface area contributed by atoms with Crippen LogP contribution < -0.4 is 0 Å². The summed E-state index contributed by atoms with van der Waals surface area (Å²) in [5.41, 5.74) is 0. The minimum Gasteiger partial charge on any atom is -0.392 e. The summed E-state index contributed by atoms with van der Waals surface area (Å²) in [7, 11) is 0. The lowest BCUT2D eigenvalue weighted by molar-refractivity contribution is 0.214. The van der Waals surface area contributed by atoms with Crippen LogP contribution in [-0.4, -0.2) is 22.9 Å². The minimum absolute atomic E-state index is 0.115. The summed E-state index contributed by atoms with van der Waals surface area (Å²) < 4.78 is 0. The molecule has 0 spiro atoms. The molecule has 0 aliphatic heterocycles. The van der Waals surface area contributed by atoms with E-state index in [0.717, 1.165) is 32.1 Å². The van der Waals surface area contributed by atoms with Crippen LogP contribution in [0.1, 0.15) is 32.1 Å². The summed E-state index contributed by atoms with van der Waals surface area (Å²) in [6.45, 7) is 7.49. The Morgan fingerprint density at radius 1 is 0.889 bits per heavy atom. The molecular formula is C16H26O2. The standard InChI is InChI=1S/C16H26O2/c1-3-15(12-8-6-10-14-17)11-7-5-9-13-16(18)4-2/h3-7,10,15-18H,1-2,8-9,11-14H2/b7-5+,10-6+. The van der Waals surface area contributed by atoms with Gasteiger partial charge in [0, 0.05) is 0 Å². The van der Waals surface area contributed by atoms with E-state index in [9.17, 15) is 5.11 Å². The van der Waals surface area contributed by atoms with Crippen LogP contribution in [0.15, 0.2) is 49.6 Å². The number of allylic oxidation sites excluding steroid dienone is 4. The summed E-state index contributed by atoms with van der Waals surface area (Å²) in [5.74, 6) is 0.480. The van der Waals surface area contributed by atoms with Crippen molar-refractivity contribution < 1.29 is 10.2 Å². The third kappa shape index (κ3) is 10.1. The van der Waals surface area contributed by atoms with Gasteiger partial charge in [0.05, 0.1) is 12.7 Å². The molecule has 2 nitrogen and oxygen atoms in total. The first-order chi connectivity index (χ1) is 8.74. The molecule has 2 atom stereocenters. The minimum atomic E-state index is -0.395. The lowest BCUT2D eigenvalue weighted by atomic mass is 9.99. The van der Waals surface area contributed by atoms with Gasteiger partial charge in [-0.25, -0.2) is 0 Å². The van der Waals surface area contributed by atoms with E-state index < -0.39 is 6.10 Å². The second-order valence-electron chi connectivity index (χ2n) is 4.31. The lowest BCUT2D eigenvalue weighted by Gasteiger charge is -2.07. The topological polar surface area (TPSA) is 40.5 Å². The van der Waals surface area contributed by atoms with Crippen molar-refractivity contribution in [3.05, 3.63) is 49.6 Å². The molecule has 102 valence electrons. The Morgan fingerprint density at radius 3 is 2.17 bits per heavy atom. The van der Waals surface area contributed by atoms with E-state index in [-0.39, 0.29) is 6.61 Å². The molecule has 18 heavy (non-hydrogen) atoms. The molecule has 2 unspecified atom stereocenters. The fraction of sp³-hybridized carbons (Fsp3) is 0.500. The molecular weight excluding hydrogens is 224 g/mol. The van der Waals surface area contributed by atoms with Crippen LogP contribution in [0.5, 0.6) is 0 Å². The normalized spacial score (nSPS) is 15.0. The number of aliphatic hydroxyl groups is 2. The van der Waals surface area contributed by atoms with E-state index in [1.165, 1.54) is 0 Å². The van der Waals surface area contributed by atoms with Crippen molar-refractivity contribution in [3.8, 4) is 0 Å². The van der Waals surface area contributed by atoms with Gasteiger partial charge in [-0.3, -0.25) is 0 Å². The Morgan fingerprint density at radius 2 is 1.56 bits per heavy atom. The summed E-state index contributed by atoms with van der Waals surface area (Å²) >= 11 is 0. The maximum absolute atomic E-state index is 9.28. The molecule has 2 heteroatoms. The Bertz CT molecular complexity index is 266. The fourth-order valence-electron chi connectivity index (χ4n) is 1.61. The van der Waals surface area contributed by atoms with Gasteiger partial charge in [-0.05, 0) is 38.0 Å². The van der Waals surface area contributed by atoms with Crippen LogP contribution in [-0.2, 0) is 0 Å². The van der Waals surface area contributed by atoms with Crippen LogP contribution in [0, 0.1) is 5.92 Å². The quantitative estimate of drug-likeness (QED) is 0.552. The molecule has 0 bridgehead atoms. The number of hydrogen-bond acceptors (Lipinski definition) is 2. The smallest absolute Gasteiger partial charge is 0.0721 e. The first-order valence-corrected chi connectivity index (χ1v) is 6.58. The fourth-order valence-corrected chi connectivity index (χ4v) is 1.61. The molecule has 0 aromatic heterocycles. The average Bonchev–Trinajstić information content (AvgIpc) is 2.40. The van der Waals surface area contributed by atoms with Crippen molar-refractivity contribution in [1.82, 2.24) is 0 Å². The Kier molecular flexibility index (Phi) is 11.6.